The van der Waals surface area contributed by atoms with Gasteiger partial charge >= 0.3 is 5.97 Å². The van der Waals surface area contributed by atoms with Crippen LogP contribution in [0.3, 0.4) is 0 Å². The molecular weight excluding hydrogens is 182 g/mol. The molecule has 1 rings (SSSR count). The number of carbonyl (C=O) groups is 1. The minimum atomic E-state index is -2.87. The molecule has 0 radical (unpaired) electrons. The Hall–Kier alpha value is -0.620. The van der Waals surface area contributed by atoms with Gasteiger partial charge in [-0.3, -0.25) is 0 Å². The Bertz CT molecular complexity index is 271. The van der Waals surface area contributed by atoms with E-state index in [2.05, 4.69) is 0 Å². The van der Waals surface area contributed by atoms with Crippen LogP contribution in [0, 0.1) is 0 Å². The van der Waals surface area contributed by atoms with Crippen LogP contribution in [0.15, 0.2) is 0 Å². The van der Waals surface area contributed by atoms with Crippen molar-refractivity contribution in [3.63, 3.8) is 0 Å². The molecule has 1 fully saturated rings. The molecule has 0 aromatic rings. The topological polar surface area (TPSA) is 88.0 Å². The number of aliphatic carboxylic acids is 1. The second kappa shape index (κ2) is 3.40. The Morgan fingerprint density at radius 3 is 2.67 bits per heavy atom. The van der Waals surface area contributed by atoms with E-state index in [1.807, 2.05) is 0 Å². The van der Waals surface area contributed by atoms with Crippen LogP contribution in [-0.2, 0) is 14.6 Å². The van der Waals surface area contributed by atoms with Crippen LogP contribution in [0.1, 0.15) is 6.42 Å². The fourth-order valence-corrected chi connectivity index (χ4v) is 3.06. The van der Waals surface area contributed by atoms with Gasteiger partial charge < -0.3 is 10.4 Å². The molecule has 0 amide bonds. The van der Waals surface area contributed by atoms with E-state index >= 15 is 0 Å². The van der Waals surface area contributed by atoms with Crippen molar-refractivity contribution in [3.8, 4) is 0 Å². The van der Waals surface area contributed by atoms with Gasteiger partial charge in [-0.25, -0.2) is 13.2 Å². The van der Waals surface area contributed by atoms with Crippen molar-refractivity contribution in [1.29, 1.82) is 0 Å². The first-order valence-corrected chi connectivity index (χ1v) is 5.57. The van der Waals surface area contributed by atoms with Gasteiger partial charge in [0.2, 0.25) is 0 Å². The van der Waals surface area contributed by atoms with Crippen molar-refractivity contribution in [2.45, 2.75) is 12.5 Å². The molecule has 0 aromatic heterocycles. The lowest BCUT2D eigenvalue weighted by Gasteiger charge is -2.03. The summed E-state index contributed by atoms with van der Waals surface area (Å²) in [6.45, 7) is -0.0415. The summed E-state index contributed by atoms with van der Waals surface area (Å²) in [4.78, 5) is 10.1. The van der Waals surface area contributed by atoms with Crippen molar-refractivity contribution in [2.75, 3.05) is 18.1 Å². The van der Waals surface area contributed by atoms with Crippen LogP contribution < -0.4 is 5.32 Å². The Balaban J connectivity index is 2.34. The zero-order chi connectivity index (χ0) is 9.19. The molecular formula is C6H12NO4S+. The first-order valence-electron chi connectivity index (χ1n) is 3.75. The number of sulfone groups is 1. The molecule has 0 spiro atoms. The lowest BCUT2D eigenvalue weighted by Crippen LogP contribution is -2.91. The summed E-state index contributed by atoms with van der Waals surface area (Å²) in [7, 11) is -2.87. The number of nitrogens with two attached hydrogens (primary N) is 1. The molecule has 12 heavy (non-hydrogen) atoms. The van der Waals surface area contributed by atoms with Gasteiger partial charge in [0.1, 0.15) is 11.8 Å². The van der Waals surface area contributed by atoms with E-state index in [-0.39, 0.29) is 24.1 Å². The van der Waals surface area contributed by atoms with Crippen molar-refractivity contribution < 1.29 is 23.6 Å². The molecule has 1 aliphatic heterocycles. The third-order valence-electron chi connectivity index (χ3n) is 1.89. The standard InChI is InChI=1S/C6H11NO4S/c8-6(9)3-7-5-1-2-12(10,11)4-5/h5,7H,1-4H2,(H,8,9)/p+1. The average molecular weight is 194 g/mol. The van der Waals surface area contributed by atoms with E-state index in [1.165, 1.54) is 0 Å². The summed E-state index contributed by atoms with van der Waals surface area (Å²) in [6, 6.07) is -0.0499. The predicted octanol–water partition coefficient (Wildman–Crippen LogP) is -2.18. The summed E-state index contributed by atoms with van der Waals surface area (Å²) in [6.07, 6.45) is 0.579. The summed E-state index contributed by atoms with van der Waals surface area (Å²) < 4.78 is 21.8. The maximum atomic E-state index is 10.9. The molecule has 0 aromatic carbocycles. The predicted molar refractivity (Wildman–Crippen MR) is 41.5 cm³/mol. The maximum absolute atomic E-state index is 10.9. The fourth-order valence-electron chi connectivity index (χ4n) is 1.28. The fraction of sp³-hybridized carbons (Fsp3) is 0.833. The van der Waals surface area contributed by atoms with Crippen LogP contribution in [0.2, 0.25) is 0 Å². The second-order valence-electron chi connectivity index (χ2n) is 3.00. The minimum absolute atomic E-state index is 0.0415. The zero-order valence-corrected chi connectivity index (χ0v) is 7.38. The van der Waals surface area contributed by atoms with Crippen LogP contribution >= 0.6 is 0 Å². The average Bonchev–Trinajstić information content (AvgIpc) is 2.26. The smallest absolute Gasteiger partial charge is 0.359 e. The highest BCUT2D eigenvalue weighted by molar-refractivity contribution is 7.91. The molecule has 0 saturated carbocycles. The van der Waals surface area contributed by atoms with Gasteiger partial charge in [0.05, 0.1) is 5.75 Å². The minimum Gasteiger partial charge on any atom is -0.477 e. The first kappa shape index (κ1) is 9.47. The summed E-state index contributed by atoms with van der Waals surface area (Å²) in [5.74, 6) is -0.576. The van der Waals surface area contributed by atoms with Crippen molar-refractivity contribution >= 4 is 15.8 Å². The van der Waals surface area contributed by atoms with E-state index in [0.29, 0.717) is 6.42 Å². The van der Waals surface area contributed by atoms with E-state index in [0.717, 1.165) is 0 Å². The van der Waals surface area contributed by atoms with E-state index in [1.54, 1.807) is 5.32 Å². The number of carboxylic acid groups (broad SMARTS) is 1. The second-order valence-corrected chi connectivity index (χ2v) is 5.23. The Morgan fingerprint density at radius 2 is 2.25 bits per heavy atom. The molecule has 6 heteroatoms. The van der Waals surface area contributed by atoms with E-state index < -0.39 is 15.8 Å². The van der Waals surface area contributed by atoms with Gasteiger partial charge in [-0.15, -0.1) is 0 Å². The summed E-state index contributed by atoms with van der Waals surface area (Å²) >= 11 is 0. The van der Waals surface area contributed by atoms with Crippen LogP contribution in [0.25, 0.3) is 0 Å². The number of quaternary nitrogens is 1. The molecule has 1 saturated heterocycles. The normalized spacial score (nSPS) is 27.2. The molecule has 0 aliphatic carbocycles. The number of hydrogen-bond acceptors (Lipinski definition) is 3. The molecule has 1 atom stereocenters. The van der Waals surface area contributed by atoms with Gasteiger partial charge in [0, 0.05) is 6.42 Å². The zero-order valence-electron chi connectivity index (χ0n) is 6.56. The third kappa shape index (κ3) is 2.78. The lowest BCUT2D eigenvalue weighted by molar-refractivity contribution is -0.675. The summed E-state index contributed by atoms with van der Waals surface area (Å²) in [5.41, 5.74) is 0. The summed E-state index contributed by atoms with van der Waals surface area (Å²) in [5, 5.41) is 9.90. The van der Waals surface area contributed by atoms with Crippen molar-refractivity contribution in [1.82, 2.24) is 0 Å². The maximum Gasteiger partial charge on any atom is 0.359 e. The largest absolute Gasteiger partial charge is 0.477 e. The molecule has 0 bridgehead atoms. The van der Waals surface area contributed by atoms with Gasteiger partial charge in [-0.2, -0.15) is 0 Å². The highest BCUT2D eigenvalue weighted by Crippen LogP contribution is 2.07. The molecule has 70 valence electrons. The molecule has 1 heterocycles. The van der Waals surface area contributed by atoms with Crippen molar-refractivity contribution in [3.05, 3.63) is 0 Å². The Kier molecular flexibility index (Phi) is 2.69. The highest BCUT2D eigenvalue weighted by Gasteiger charge is 2.30. The SMILES string of the molecule is O=C(O)C[NH2+]C1CCS(=O)(=O)C1. The first-order chi connectivity index (χ1) is 5.49. The number of carboxylic acids is 1. The van der Waals surface area contributed by atoms with Crippen molar-refractivity contribution in [2.24, 2.45) is 0 Å². The molecule has 1 aliphatic rings. The van der Waals surface area contributed by atoms with E-state index in [9.17, 15) is 13.2 Å². The molecule has 3 N–H and O–H groups in total. The number of rotatable bonds is 3. The monoisotopic (exact) mass is 194 g/mol. The van der Waals surface area contributed by atoms with Gasteiger partial charge in [0.15, 0.2) is 16.4 Å². The quantitative estimate of drug-likeness (QED) is 0.534. The third-order valence-corrected chi connectivity index (χ3v) is 3.69. The van der Waals surface area contributed by atoms with Gasteiger partial charge in [-0.1, -0.05) is 0 Å². The molecule has 1 unspecified atom stereocenters. The van der Waals surface area contributed by atoms with Gasteiger partial charge in [-0.05, 0) is 0 Å². The Labute approximate surface area is 70.7 Å². The lowest BCUT2D eigenvalue weighted by atomic mass is 10.3. The van der Waals surface area contributed by atoms with Crippen LogP contribution in [-0.4, -0.2) is 43.6 Å². The highest BCUT2D eigenvalue weighted by atomic mass is 32.2. The molecule has 5 nitrogen and oxygen atoms in total. The Morgan fingerprint density at radius 1 is 1.58 bits per heavy atom. The van der Waals surface area contributed by atoms with E-state index in [4.69, 9.17) is 5.11 Å². The number of hydrogen-bond donors (Lipinski definition) is 2. The van der Waals surface area contributed by atoms with Gasteiger partial charge in [0.25, 0.3) is 0 Å². The van der Waals surface area contributed by atoms with Crippen LogP contribution in [0.5, 0.6) is 0 Å². The van der Waals surface area contributed by atoms with Crippen LogP contribution in [0.4, 0.5) is 0 Å².